The number of hydrogen-bond donors (Lipinski definition) is 1. The molecule has 3 heterocycles. The molecule has 0 saturated heterocycles. The third-order valence-electron chi connectivity index (χ3n) is 6.01. The molecule has 5 rings (SSSR count). The Bertz CT molecular complexity index is 1250. The van der Waals surface area contributed by atoms with E-state index in [0.717, 1.165) is 47.7 Å². The van der Waals surface area contributed by atoms with Crippen molar-refractivity contribution in [2.24, 2.45) is 0 Å². The van der Waals surface area contributed by atoms with Gasteiger partial charge in [0.2, 0.25) is 0 Å². The highest BCUT2D eigenvalue weighted by Crippen LogP contribution is 2.40. The Morgan fingerprint density at radius 3 is 2.58 bits per heavy atom. The Morgan fingerprint density at radius 1 is 1.06 bits per heavy atom. The first kappa shape index (κ1) is 21.2. The maximum atomic E-state index is 15.4. The number of ether oxygens (including phenoxy) is 1. The van der Waals surface area contributed by atoms with Crippen LogP contribution in [0.3, 0.4) is 0 Å². The van der Waals surface area contributed by atoms with Crippen LogP contribution in [-0.4, -0.2) is 21.3 Å². The fourth-order valence-electron chi connectivity index (χ4n) is 4.16. The Kier molecular flexibility index (Phi) is 5.82. The topological polar surface area (TPSA) is 52.0 Å². The van der Waals surface area contributed by atoms with Crippen molar-refractivity contribution in [3.8, 4) is 28.1 Å². The summed E-state index contributed by atoms with van der Waals surface area (Å²) in [7, 11) is 0. The van der Waals surface area contributed by atoms with Gasteiger partial charge < -0.3 is 10.1 Å². The molecular formula is C27H27FN4O. The summed E-state index contributed by atoms with van der Waals surface area (Å²) in [5.74, 6) is 1.51. The number of hydrogen-bond acceptors (Lipinski definition) is 4. The van der Waals surface area contributed by atoms with E-state index in [2.05, 4.69) is 48.4 Å². The molecule has 0 saturated carbocycles. The molecule has 6 heteroatoms. The van der Waals surface area contributed by atoms with E-state index >= 15 is 4.39 Å². The maximum Gasteiger partial charge on any atom is 0.134 e. The standard InChI is InChI=1S/C27H27FN4O/c1-18(2)20-6-4-19(5-7-20)17-33-22-8-9-23(24(28)16-22)25-26(21-10-13-29-14-11-21)31-32-15-3-12-30-27(25)32/h4-11,13-14,16,18,30H,3,12,15,17H2,1-2H3. The molecular weight excluding hydrogens is 415 g/mol. The second-order valence-corrected chi connectivity index (χ2v) is 8.64. The van der Waals surface area contributed by atoms with Crippen LogP contribution in [0.2, 0.25) is 0 Å². The van der Waals surface area contributed by atoms with Crippen molar-refractivity contribution in [3.63, 3.8) is 0 Å². The minimum absolute atomic E-state index is 0.332. The Labute approximate surface area is 193 Å². The SMILES string of the molecule is CC(C)c1ccc(COc2ccc(-c3c(-c4ccncc4)nn4c3NCCC4)c(F)c2)cc1. The second-order valence-electron chi connectivity index (χ2n) is 8.64. The zero-order valence-electron chi connectivity index (χ0n) is 18.9. The van der Waals surface area contributed by atoms with Gasteiger partial charge in [0.1, 0.15) is 29.7 Å². The molecule has 33 heavy (non-hydrogen) atoms. The number of aromatic nitrogens is 3. The summed E-state index contributed by atoms with van der Waals surface area (Å²) in [5, 5.41) is 8.19. The van der Waals surface area contributed by atoms with Crippen molar-refractivity contribution in [1.82, 2.24) is 14.8 Å². The van der Waals surface area contributed by atoms with Gasteiger partial charge in [0.05, 0.1) is 5.56 Å². The summed E-state index contributed by atoms with van der Waals surface area (Å²) in [6, 6.07) is 17.2. The summed E-state index contributed by atoms with van der Waals surface area (Å²) in [4.78, 5) is 4.10. The van der Waals surface area contributed by atoms with Crippen LogP contribution in [0.4, 0.5) is 10.2 Å². The third kappa shape index (κ3) is 4.33. The molecule has 0 unspecified atom stereocenters. The van der Waals surface area contributed by atoms with Gasteiger partial charge in [-0.05, 0) is 47.7 Å². The number of halogens is 1. The van der Waals surface area contributed by atoms with Gasteiger partial charge in [-0.3, -0.25) is 4.98 Å². The van der Waals surface area contributed by atoms with Crippen LogP contribution in [0.25, 0.3) is 22.4 Å². The predicted molar refractivity (Wildman–Crippen MR) is 129 cm³/mol. The van der Waals surface area contributed by atoms with Crippen molar-refractivity contribution in [3.05, 3.63) is 83.9 Å². The van der Waals surface area contributed by atoms with E-state index in [1.165, 1.54) is 11.6 Å². The fraction of sp³-hybridized carbons (Fsp3) is 0.259. The van der Waals surface area contributed by atoms with Gasteiger partial charge in [0, 0.05) is 42.7 Å². The molecule has 1 aliphatic heterocycles. The number of rotatable bonds is 6. The van der Waals surface area contributed by atoms with E-state index in [9.17, 15) is 0 Å². The van der Waals surface area contributed by atoms with Crippen LogP contribution in [0.15, 0.2) is 67.0 Å². The lowest BCUT2D eigenvalue weighted by Gasteiger charge is -2.17. The molecule has 2 aromatic heterocycles. The summed E-state index contributed by atoms with van der Waals surface area (Å²) >= 11 is 0. The largest absolute Gasteiger partial charge is 0.489 e. The van der Waals surface area contributed by atoms with Crippen LogP contribution in [0.1, 0.15) is 37.3 Å². The second kappa shape index (κ2) is 9.06. The number of benzene rings is 2. The van der Waals surface area contributed by atoms with E-state index in [1.807, 2.05) is 22.9 Å². The number of nitrogens with one attached hydrogen (secondary N) is 1. The van der Waals surface area contributed by atoms with Gasteiger partial charge in [-0.2, -0.15) is 5.10 Å². The Balaban J connectivity index is 1.43. The lowest BCUT2D eigenvalue weighted by Crippen LogP contribution is -2.17. The quantitative estimate of drug-likeness (QED) is 0.382. The molecule has 0 aliphatic carbocycles. The highest BCUT2D eigenvalue weighted by atomic mass is 19.1. The molecule has 0 radical (unpaired) electrons. The zero-order valence-corrected chi connectivity index (χ0v) is 18.9. The summed E-state index contributed by atoms with van der Waals surface area (Å²) in [6.07, 6.45) is 4.44. The molecule has 0 amide bonds. The number of anilines is 1. The van der Waals surface area contributed by atoms with Gasteiger partial charge >= 0.3 is 0 Å². The van der Waals surface area contributed by atoms with Gasteiger partial charge in [-0.25, -0.2) is 9.07 Å². The van der Waals surface area contributed by atoms with Gasteiger partial charge in [-0.1, -0.05) is 38.1 Å². The van der Waals surface area contributed by atoms with Crippen molar-refractivity contribution < 1.29 is 9.13 Å². The van der Waals surface area contributed by atoms with E-state index < -0.39 is 0 Å². The van der Waals surface area contributed by atoms with Gasteiger partial charge in [-0.15, -0.1) is 0 Å². The van der Waals surface area contributed by atoms with E-state index in [0.29, 0.717) is 23.8 Å². The Morgan fingerprint density at radius 2 is 1.85 bits per heavy atom. The molecule has 0 spiro atoms. The average molecular weight is 443 g/mol. The van der Waals surface area contributed by atoms with Gasteiger partial charge in [0.25, 0.3) is 0 Å². The van der Waals surface area contributed by atoms with Crippen LogP contribution in [0, 0.1) is 5.82 Å². The molecule has 168 valence electrons. The number of aryl methyl sites for hydroxylation is 1. The molecule has 1 aliphatic rings. The van der Waals surface area contributed by atoms with Crippen molar-refractivity contribution >= 4 is 5.82 Å². The minimum atomic E-state index is -0.332. The first-order chi connectivity index (χ1) is 16.1. The van der Waals surface area contributed by atoms with Crippen molar-refractivity contribution in [2.75, 3.05) is 11.9 Å². The monoisotopic (exact) mass is 442 g/mol. The molecule has 0 fully saturated rings. The molecule has 5 nitrogen and oxygen atoms in total. The summed E-state index contributed by atoms with van der Waals surface area (Å²) in [6.45, 7) is 6.38. The minimum Gasteiger partial charge on any atom is -0.489 e. The average Bonchev–Trinajstić information content (AvgIpc) is 3.23. The number of nitrogens with zero attached hydrogens (tertiary/aromatic N) is 3. The van der Waals surface area contributed by atoms with Crippen LogP contribution >= 0.6 is 0 Å². The molecule has 0 atom stereocenters. The fourth-order valence-corrected chi connectivity index (χ4v) is 4.16. The van der Waals surface area contributed by atoms with Crippen molar-refractivity contribution in [2.45, 2.75) is 39.3 Å². The normalized spacial score (nSPS) is 13.0. The highest BCUT2D eigenvalue weighted by molar-refractivity contribution is 5.89. The highest BCUT2D eigenvalue weighted by Gasteiger charge is 2.24. The summed E-state index contributed by atoms with van der Waals surface area (Å²) in [5.41, 5.74) is 5.28. The number of pyridine rings is 1. The van der Waals surface area contributed by atoms with E-state index in [4.69, 9.17) is 9.84 Å². The predicted octanol–water partition coefficient (Wildman–Crippen LogP) is 6.27. The van der Waals surface area contributed by atoms with Crippen LogP contribution < -0.4 is 10.1 Å². The lowest BCUT2D eigenvalue weighted by molar-refractivity contribution is 0.304. The van der Waals surface area contributed by atoms with Crippen molar-refractivity contribution in [1.29, 1.82) is 0 Å². The summed E-state index contributed by atoms with van der Waals surface area (Å²) < 4.78 is 23.2. The van der Waals surface area contributed by atoms with E-state index in [-0.39, 0.29) is 5.82 Å². The Hall–Kier alpha value is -3.67. The van der Waals surface area contributed by atoms with Gasteiger partial charge in [0.15, 0.2) is 0 Å². The number of fused-ring (bicyclic) bond motifs is 1. The third-order valence-corrected chi connectivity index (χ3v) is 6.01. The smallest absolute Gasteiger partial charge is 0.134 e. The molecule has 4 aromatic rings. The maximum absolute atomic E-state index is 15.4. The molecule has 1 N–H and O–H groups in total. The van der Waals surface area contributed by atoms with E-state index in [1.54, 1.807) is 18.5 Å². The van der Waals surface area contributed by atoms with Crippen LogP contribution in [0.5, 0.6) is 5.75 Å². The van der Waals surface area contributed by atoms with Crippen LogP contribution in [-0.2, 0) is 13.2 Å². The first-order valence-corrected chi connectivity index (χ1v) is 11.4. The lowest BCUT2D eigenvalue weighted by atomic mass is 10.00. The molecule has 2 aromatic carbocycles. The molecule has 0 bridgehead atoms. The first-order valence-electron chi connectivity index (χ1n) is 11.4. The zero-order chi connectivity index (χ0) is 22.8.